The van der Waals surface area contributed by atoms with Crippen molar-refractivity contribution in [1.82, 2.24) is 15.2 Å². The number of piperidine rings is 1. The lowest BCUT2D eigenvalue weighted by atomic mass is 9.72. The number of rotatable bonds is 4. The monoisotopic (exact) mass is 325 g/mol. The quantitative estimate of drug-likeness (QED) is 0.904. The highest BCUT2D eigenvalue weighted by molar-refractivity contribution is 5.96. The second-order valence-corrected chi connectivity index (χ2v) is 6.53. The number of aromatic hydroxyl groups is 1. The molecule has 0 bridgehead atoms. The molecule has 0 radical (unpaired) electrons. The maximum Gasteiger partial charge on any atom is 0.255 e. The molecule has 5 heteroatoms. The summed E-state index contributed by atoms with van der Waals surface area (Å²) in [6.07, 6.45) is 4.79. The molecule has 126 valence electrons. The molecule has 0 unspecified atom stereocenters. The summed E-state index contributed by atoms with van der Waals surface area (Å²) in [4.78, 5) is 18.6. The number of likely N-dealkylation sites (tertiary alicyclic amines) is 1. The van der Waals surface area contributed by atoms with Crippen LogP contribution in [0.1, 0.15) is 28.8 Å². The van der Waals surface area contributed by atoms with Crippen molar-refractivity contribution in [3.63, 3.8) is 0 Å². The third-order valence-electron chi connectivity index (χ3n) is 4.96. The predicted molar refractivity (Wildman–Crippen MR) is 93.1 cm³/mol. The third-order valence-corrected chi connectivity index (χ3v) is 4.96. The van der Waals surface area contributed by atoms with E-state index in [0.29, 0.717) is 6.54 Å². The zero-order valence-corrected chi connectivity index (χ0v) is 13.9. The zero-order chi connectivity index (χ0) is 17.0. The molecule has 1 aliphatic heterocycles. The summed E-state index contributed by atoms with van der Waals surface area (Å²) < 4.78 is 0. The van der Waals surface area contributed by atoms with Crippen LogP contribution in [0, 0.1) is 0 Å². The summed E-state index contributed by atoms with van der Waals surface area (Å²) in [5.41, 5.74) is 1.46. The van der Waals surface area contributed by atoms with Gasteiger partial charge < -0.3 is 15.3 Å². The van der Waals surface area contributed by atoms with E-state index in [2.05, 4.69) is 34.4 Å². The van der Waals surface area contributed by atoms with E-state index < -0.39 is 0 Å². The smallest absolute Gasteiger partial charge is 0.255 e. The highest BCUT2D eigenvalue weighted by Gasteiger charge is 2.35. The van der Waals surface area contributed by atoms with Gasteiger partial charge in [0.25, 0.3) is 5.91 Å². The van der Waals surface area contributed by atoms with E-state index in [0.717, 1.165) is 25.9 Å². The van der Waals surface area contributed by atoms with Gasteiger partial charge in [-0.25, -0.2) is 0 Å². The normalized spacial score (nSPS) is 17.4. The molecule has 2 heterocycles. The summed E-state index contributed by atoms with van der Waals surface area (Å²) in [6.45, 7) is 2.57. The molecule has 0 spiro atoms. The Morgan fingerprint density at radius 1 is 1.25 bits per heavy atom. The van der Waals surface area contributed by atoms with Gasteiger partial charge in [0, 0.05) is 18.2 Å². The Morgan fingerprint density at radius 3 is 2.62 bits per heavy atom. The molecular formula is C19H23N3O2. The van der Waals surface area contributed by atoms with Gasteiger partial charge in [0.05, 0.1) is 11.8 Å². The first kappa shape index (κ1) is 16.5. The van der Waals surface area contributed by atoms with E-state index in [-0.39, 0.29) is 22.6 Å². The van der Waals surface area contributed by atoms with Gasteiger partial charge >= 0.3 is 0 Å². The second-order valence-electron chi connectivity index (χ2n) is 6.53. The lowest BCUT2D eigenvalue weighted by molar-refractivity contribution is 0.0925. The maximum atomic E-state index is 12.4. The fourth-order valence-corrected chi connectivity index (χ4v) is 3.33. The van der Waals surface area contributed by atoms with Crippen molar-refractivity contribution in [2.75, 3.05) is 26.7 Å². The van der Waals surface area contributed by atoms with Crippen LogP contribution in [-0.4, -0.2) is 47.6 Å². The molecule has 1 aromatic heterocycles. The van der Waals surface area contributed by atoms with E-state index >= 15 is 0 Å². The summed E-state index contributed by atoms with van der Waals surface area (Å²) in [5, 5.41) is 12.8. The van der Waals surface area contributed by atoms with Crippen molar-refractivity contribution >= 4 is 5.91 Å². The SMILES string of the molecule is CN1CCC(CNC(=O)c2ccncc2O)(c2ccccc2)CC1. The number of pyridine rings is 1. The molecule has 3 rings (SSSR count). The van der Waals surface area contributed by atoms with E-state index in [1.165, 1.54) is 24.0 Å². The molecule has 1 aliphatic rings. The number of benzene rings is 1. The maximum absolute atomic E-state index is 12.4. The molecule has 1 saturated heterocycles. The van der Waals surface area contributed by atoms with Crippen LogP contribution in [0.25, 0.3) is 0 Å². The first-order chi connectivity index (χ1) is 11.6. The summed E-state index contributed by atoms with van der Waals surface area (Å²) in [6, 6.07) is 11.9. The molecule has 1 amide bonds. The molecule has 2 N–H and O–H groups in total. The number of hydrogen-bond acceptors (Lipinski definition) is 4. The topological polar surface area (TPSA) is 65.5 Å². The first-order valence-corrected chi connectivity index (χ1v) is 8.26. The average molecular weight is 325 g/mol. The van der Waals surface area contributed by atoms with Gasteiger partial charge in [-0.3, -0.25) is 9.78 Å². The van der Waals surface area contributed by atoms with Crippen molar-refractivity contribution in [2.24, 2.45) is 0 Å². The Labute approximate surface area is 142 Å². The van der Waals surface area contributed by atoms with Crippen LogP contribution in [0.2, 0.25) is 0 Å². The number of hydrogen-bond donors (Lipinski definition) is 2. The van der Waals surface area contributed by atoms with Crippen molar-refractivity contribution in [3.05, 3.63) is 59.9 Å². The Bertz CT molecular complexity index is 695. The predicted octanol–water partition coefficient (Wildman–Crippen LogP) is 2.18. The van der Waals surface area contributed by atoms with Gasteiger partial charge in [0.2, 0.25) is 0 Å². The molecule has 0 saturated carbocycles. The number of carbonyl (C=O) groups excluding carboxylic acids is 1. The summed E-state index contributed by atoms with van der Waals surface area (Å²) in [7, 11) is 2.13. The van der Waals surface area contributed by atoms with E-state index in [4.69, 9.17) is 0 Å². The fourth-order valence-electron chi connectivity index (χ4n) is 3.33. The van der Waals surface area contributed by atoms with Crippen molar-refractivity contribution in [2.45, 2.75) is 18.3 Å². The minimum Gasteiger partial charge on any atom is -0.505 e. The molecule has 1 aromatic carbocycles. The van der Waals surface area contributed by atoms with Crippen LogP contribution in [0.3, 0.4) is 0 Å². The Balaban J connectivity index is 1.78. The highest BCUT2D eigenvalue weighted by Crippen LogP contribution is 2.34. The molecule has 0 aliphatic carbocycles. The number of aromatic nitrogens is 1. The lowest BCUT2D eigenvalue weighted by Gasteiger charge is -2.41. The lowest BCUT2D eigenvalue weighted by Crippen LogP contribution is -2.48. The summed E-state index contributed by atoms with van der Waals surface area (Å²) >= 11 is 0. The van der Waals surface area contributed by atoms with Crippen LogP contribution in [0.15, 0.2) is 48.8 Å². The Hall–Kier alpha value is -2.40. The number of nitrogens with one attached hydrogen (secondary N) is 1. The van der Waals surface area contributed by atoms with E-state index in [1.807, 2.05) is 18.2 Å². The minimum absolute atomic E-state index is 0.0634. The van der Waals surface area contributed by atoms with Crippen molar-refractivity contribution in [1.29, 1.82) is 0 Å². The second kappa shape index (κ2) is 7.01. The van der Waals surface area contributed by atoms with E-state index in [9.17, 15) is 9.90 Å². The Kier molecular flexibility index (Phi) is 4.81. The highest BCUT2D eigenvalue weighted by atomic mass is 16.3. The van der Waals surface area contributed by atoms with Gasteiger partial charge in [0.15, 0.2) is 0 Å². The minimum atomic E-state index is -0.260. The molecule has 1 fully saturated rings. The first-order valence-electron chi connectivity index (χ1n) is 8.26. The van der Waals surface area contributed by atoms with Gasteiger partial charge in [0.1, 0.15) is 5.75 Å². The molecule has 2 aromatic rings. The van der Waals surface area contributed by atoms with Crippen LogP contribution >= 0.6 is 0 Å². The van der Waals surface area contributed by atoms with Crippen LogP contribution in [-0.2, 0) is 5.41 Å². The van der Waals surface area contributed by atoms with Gasteiger partial charge in [-0.05, 0) is 44.6 Å². The fraction of sp³-hybridized carbons (Fsp3) is 0.368. The van der Waals surface area contributed by atoms with Gasteiger partial charge in [-0.1, -0.05) is 30.3 Å². The average Bonchev–Trinajstić information content (AvgIpc) is 2.62. The molecule has 0 atom stereocenters. The largest absolute Gasteiger partial charge is 0.505 e. The van der Waals surface area contributed by atoms with Crippen molar-refractivity contribution in [3.8, 4) is 5.75 Å². The van der Waals surface area contributed by atoms with Crippen LogP contribution < -0.4 is 5.32 Å². The summed E-state index contributed by atoms with van der Waals surface area (Å²) in [5.74, 6) is -0.351. The third kappa shape index (κ3) is 3.41. The number of carbonyl (C=O) groups is 1. The standard InChI is InChI=1S/C19H23N3O2/c1-22-11-8-19(9-12-22,15-5-3-2-4-6-15)14-21-18(24)16-7-10-20-13-17(16)23/h2-7,10,13,23H,8-9,11-12,14H2,1H3,(H,21,24). The van der Waals surface area contributed by atoms with Crippen molar-refractivity contribution < 1.29 is 9.90 Å². The van der Waals surface area contributed by atoms with Crippen LogP contribution in [0.5, 0.6) is 5.75 Å². The van der Waals surface area contributed by atoms with E-state index in [1.54, 1.807) is 0 Å². The number of nitrogens with zero attached hydrogens (tertiary/aromatic N) is 2. The Morgan fingerprint density at radius 2 is 1.96 bits per heavy atom. The molecule has 24 heavy (non-hydrogen) atoms. The number of amides is 1. The zero-order valence-electron chi connectivity index (χ0n) is 13.9. The molecule has 5 nitrogen and oxygen atoms in total. The van der Waals surface area contributed by atoms with Crippen LogP contribution in [0.4, 0.5) is 0 Å². The van der Waals surface area contributed by atoms with Gasteiger partial charge in [-0.15, -0.1) is 0 Å². The molecular weight excluding hydrogens is 302 g/mol. The van der Waals surface area contributed by atoms with Gasteiger partial charge in [-0.2, -0.15) is 0 Å².